The van der Waals surface area contributed by atoms with Gasteiger partial charge in [0.05, 0.1) is 18.8 Å². The van der Waals surface area contributed by atoms with Gasteiger partial charge in [-0.2, -0.15) is 4.98 Å². The van der Waals surface area contributed by atoms with E-state index in [9.17, 15) is 5.11 Å². The summed E-state index contributed by atoms with van der Waals surface area (Å²) in [4.78, 5) is 3.89. The van der Waals surface area contributed by atoms with Crippen LogP contribution in [0.4, 0.5) is 0 Å². The highest BCUT2D eigenvalue weighted by atomic mass is 16.5. The molecule has 1 aromatic rings. The van der Waals surface area contributed by atoms with Crippen molar-refractivity contribution in [2.45, 2.75) is 32.5 Å². The fraction of sp³-hybridized carbons (Fsp3) is 0.800. The molecule has 1 rings (SSSR count). The molecule has 0 saturated heterocycles. The molecule has 92 valence electrons. The van der Waals surface area contributed by atoms with E-state index in [2.05, 4.69) is 20.0 Å². The molecule has 0 aliphatic rings. The van der Waals surface area contributed by atoms with Gasteiger partial charge in [-0.25, -0.2) is 0 Å². The van der Waals surface area contributed by atoms with E-state index in [0.29, 0.717) is 31.9 Å². The maximum absolute atomic E-state index is 9.52. The molecule has 6 nitrogen and oxygen atoms in total. The summed E-state index contributed by atoms with van der Waals surface area (Å²) >= 11 is 0. The second-order valence-electron chi connectivity index (χ2n) is 3.84. The van der Waals surface area contributed by atoms with Crippen LogP contribution in [0.15, 0.2) is 10.9 Å². The summed E-state index contributed by atoms with van der Waals surface area (Å²) in [6.45, 7) is 5.45. The molecule has 0 fully saturated rings. The Morgan fingerprint density at radius 3 is 3.00 bits per heavy atom. The summed E-state index contributed by atoms with van der Waals surface area (Å²) in [6, 6.07) is 0. The van der Waals surface area contributed by atoms with Gasteiger partial charge in [0.15, 0.2) is 5.82 Å². The van der Waals surface area contributed by atoms with Crippen LogP contribution in [0.2, 0.25) is 0 Å². The zero-order valence-electron chi connectivity index (χ0n) is 9.72. The van der Waals surface area contributed by atoms with Crippen LogP contribution >= 0.6 is 0 Å². The van der Waals surface area contributed by atoms with Crippen LogP contribution in [0.5, 0.6) is 0 Å². The van der Waals surface area contributed by atoms with Crippen molar-refractivity contribution in [2.24, 2.45) is 0 Å². The van der Waals surface area contributed by atoms with Gasteiger partial charge in [-0.1, -0.05) is 5.16 Å². The highest BCUT2D eigenvalue weighted by Gasteiger charge is 2.05. The minimum atomic E-state index is -0.479. The van der Waals surface area contributed by atoms with Gasteiger partial charge in [0, 0.05) is 19.5 Å². The molecular weight excluding hydrogens is 210 g/mol. The molecule has 0 saturated carbocycles. The van der Waals surface area contributed by atoms with E-state index in [4.69, 9.17) is 4.74 Å². The zero-order chi connectivity index (χ0) is 11.8. The topological polar surface area (TPSA) is 80.4 Å². The molecule has 2 N–H and O–H groups in total. The highest BCUT2D eigenvalue weighted by Crippen LogP contribution is 1.91. The molecule has 0 aliphatic heterocycles. The molecule has 0 spiro atoms. The van der Waals surface area contributed by atoms with Crippen LogP contribution in [0.25, 0.3) is 0 Å². The molecule has 1 heterocycles. The minimum Gasteiger partial charge on any atom is -0.389 e. The third-order valence-electron chi connectivity index (χ3n) is 1.93. The van der Waals surface area contributed by atoms with Crippen molar-refractivity contribution in [3.05, 3.63) is 12.2 Å². The van der Waals surface area contributed by atoms with Gasteiger partial charge >= 0.3 is 0 Å². The van der Waals surface area contributed by atoms with Gasteiger partial charge in [-0.15, -0.1) is 0 Å². The molecule has 0 bridgehead atoms. The van der Waals surface area contributed by atoms with E-state index in [0.717, 1.165) is 0 Å². The Morgan fingerprint density at radius 2 is 2.38 bits per heavy atom. The summed E-state index contributed by atoms with van der Waals surface area (Å²) in [5.41, 5.74) is 0. The van der Waals surface area contributed by atoms with Crippen molar-refractivity contribution >= 4 is 0 Å². The van der Waals surface area contributed by atoms with Crippen molar-refractivity contribution < 1.29 is 14.4 Å². The maximum Gasteiger partial charge on any atom is 0.213 e. The highest BCUT2D eigenvalue weighted by molar-refractivity contribution is 4.78. The fourth-order valence-corrected chi connectivity index (χ4v) is 1.13. The molecule has 1 unspecified atom stereocenters. The zero-order valence-corrected chi connectivity index (χ0v) is 9.72. The Hall–Kier alpha value is -0.980. The number of nitrogens with zero attached hydrogens (tertiary/aromatic N) is 2. The van der Waals surface area contributed by atoms with Crippen molar-refractivity contribution in [1.82, 2.24) is 15.5 Å². The average molecular weight is 229 g/mol. The lowest BCUT2D eigenvalue weighted by Gasteiger charge is -2.13. The summed E-state index contributed by atoms with van der Waals surface area (Å²) < 4.78 is 9.88. The number of hydrogen-bond acceptors (Lipinski definition) is 6. The number of hydrogen-bond donors (Lipinski definition) is 2. The number of rotatable bonds is 8. The lowest BCUT2D eigenvalue weighted by molar-refractivity contribution is 0.00651. The molecule has 0 amide bonds. The Balaban J connectivity index is 1.98. The normalized spacial score (nSPS) is 13.2. The first-order valence-electron chi connectivity index (χ1n) is 5.44. The van der Waals surface area contributed by atoms with Gasteiger partial charge in [-0.3, -0.25) is 0 Å². The Kier molecular flexibility index (Phi) is 5.99. The first-order valence-corrected chi connectivity index (χ1v) is 5.44. The van der Waals surface area contributed by atoms with E-state index >= 15 is 0 Å². The van der Waals surface area contributed by atoms with Crippen LogP contribution in [0, 0.1) is 0 Å². The fourth-order valence-electron chi connectivity index (χ4n) is 1.13. The van der Waals surface area contributed by atoms with Crippen molar-refractivity contribution in [3.8, 4) is 0 Å². The number of aromatic nitrogens is 2. The quantitative estimate of drug-likeness (QED) is 0.610. The third kappa shape index (κ3) is 5.79. The molecule has 16 heavy (non-hydrogen) atoms. The van der Waals surface area contributed by atoms with Gasteiger partial charge in [0.2, 0.25) is 6.39 Å². The number of aliphatic hydroxyl groups excluding tert-OH is 1. The Morgan fingerprint density at radius 1 is 1.56 bits per heavy atom. The van der Waals surface area contributed by atoms with Gasteiger partial charge in [0.1, 0.15) is 0 Å². The first kappa shape index (κ1) is 13.1. The molecule has 1 aromatic heterocycles. The van der Waals surface area contributed by atoms with E-state index < -0.39 is 6.10 Å². The lowest BCUT2D eigenvalue weighted by Crippen LogP contribution is -2.32. The van der Waals surface area contributed by atoms with Crippen LogP contribution in [0.3, 0.4) is 0 Å². The standard InChI is InChI=1S/C10H19N3O3/c1-8(2)15-6-9(14)5-11-4-3-10-12-7-16-13-10/h7-9,11,14H,3-6H2,1-2H3. The predicted molar refractivity (Wildman–Crippen MR) is 58.0 cm³/mol. The summed E-state index contributed by atoms with van der Waals surface area (Å²) in [6.07, 6.45) is 1.66. The van der Waals surface area contributed by atoms with Gasteiger partial charge in [-0.05, 0) is 13.8 Å². The SMILES string of the molecule is CC(C)OCC(O)CNCCc1ncon1. The molecule has 0 radical (unpaired) electrons. The molecule has 1 atom stereocenters. The molecule has 0 aromatic carbocycles. The number of nitrogens with one attached hydrogen (secondary N) is 1. The number of ether oxygens (including phenoxy) is 1. The van der Waals surface area contributed by atoms with Gasteiger partial charge < -0.3 is 19.7 Å². The largest absolute Gasteiger partial charge is 0.389 e. The smallest absolute Gasteiger partial charge is 0.213 e. The third-order valence-corrected chi connectivity index (χ3v) is 1.93. The van der Waals surface area contributed by atoms with Crippen molar-refractivity contribution in [1.29, 1.82) is 0 Å². The Labute approximate surface area is 95.0 Å². The van der Waals surface area contributed by atoms with Crippen molar-refractivity contribution in [3.63, 3.8) is 0 Å². The first-order chi connectivity index (χ1) is 7.68. The van der Waals surface area contributed by atoms with E-state index in [-0.39, 0.29) is 6.10 Å². The van der Waals surface area contributed by atoms with Crippen LogP contribution in [-0.4, -0.2) is 47.2 Å². The summed E-state index contributed by atoms with van der Waals surface area (Å²) in [5.74, 6) is 0.667. The van der Waals surface area contributed by atoms with Gasteiger partial charge in [0.25, 0.3) is 0 Å². The second-order valence-corrected chi connectivity index (χ2v) is 3.84. The Bertz CT molecular complexity index is 264. The molecule has 0 aliphatic carbocycles. The minimum absolute atomic E-state index is 0.147. The number of aliphatic hydroxyl groups is 1. The maximum atomic E-state index is 9.52. The van der Waals surface area contributed by atoms with Crippen LogP contribution in [-0.2, 0) is 11.2 Å². The summed E-state index contributed by atoms with van der Waals surface area (Å²) in [5, 5.41) is 16.3. The predicted octanol–water partition coefficient (Wildman–Crippen LogP) is -0.0124. The van der Waals surface area contributed by atoms with Crippen LogP contribution in [0.1, 0.15) is 19.7 Å². The van der Waals surface area contributed by atoms with E-state index in [1.807, 2.05) is 13.8 Å². The lowest BCUT2D eigenvalue weighted by atomic mass is 10.3. The van der Waals surface area contributed by atoms with E-state index in [1.165, 1.54) is 6.39 Å². The summed E-state index contributed by atoms with van der Waals surface area (Å²) in [7, 11) is 0. The van der Waals surface area contributed by atoms with E-state index in [1.54, 1.807) is 0 Å². The molecule has 6 heteroatoms. The van der Waals surface area contributed by atoms with Crippen molar-refractivity contribution in [2.75, 3.05) is 19.7 Å². The second kappa shape index (κ2) is 7.32. The average Bonchev–Trinajstić information content (AvgIpc) is 2.74. The monoisotopic (exact) mass is 229 g/mol. The van der Waals surface area contributed by atoms with Crippen LogP contribution < -0.4 is 5.32 Å². The molecular formula is C10H19N3O3.